The molecule has 1 rings (SSSR count). The van der Waals surface area contributed by atoms with E-state index in [0.717, 1.165) is 32.1 Å². The molecular weight excluding hydrogens is 248 g/mol. The quantitative estimate of drug-likeness (QED) is 0.622. The molecule has 0 radical (unpaired) electrons. The van der Waals surface area contributed by atoms with Crippen LogP contribution in [-0.4, -0.2) is 12.1 Å². The molecule has 0 aromatic rings. The molecule has 1 aliphatic heterocycles. The number of cyclic esters (lactones) is 1. The molecule has 0 amide bonds. The van der Waals surface area contributed by atoms with Gasteiger partial charge in [-0.1, -0.05) is 62.6 Å². The maximum absolute atomic E-state index is 11.7. The van der Waals surface area contributed by atoms with E-state index in [4.69, 9.17) is 4.74 Å². The molecule has 1 atom stereocenters. The minimum Gasteiger partial charge on any atom is -0.462 e. The van der Waals surface area contributed by atoms with Gasteiger partial charge in [0.25, 0.3) is 0 Å². The Morgan fingerprint density at radius 1 is 1.00 bits per heavy atom. The third-order valence-corrected chi connectivity index (χ3v) is 3.51. The zero-order valence-corrected chi connectivity index (χ0v) is 12.7. The predicted molar refractivity (Wildman–Crippen MR) is 84.5 cm³/mol. The van der Waals surface area contributed by atoms with Gasteiger partial charge in [-0.05, 0) is 25.7 Å². The Bertz CT molecular complexity index is 339. The van der Waals surface area contributed by atoms with E-state index < -0.39 is 0 Å². The molecule has 112 valence electrons. The summed E-state index contributed by atoms with van der Waals surface area (Å²) in [6.07, 6.45) is 21.7. The standard InChI is InChI=1S/C18H28O2/c1-2-17-15-13-11-9-7-5-3-4-6-8-10-12-14-16-18(19)20-17/h3,5,7,9,11,13,17H,2,4,6,8,10,12,14-16H2,1H3/b5-3-,9-7+,13-11+. The first-order valence-electron chi connectivity index (χ1n) is 8.00. The summed E-state index contributed by atoms with van der Waals surface area (Å²) >= 11 is 0. The Morgan fingerprint density at radius 3 is 2.50 bits per heavy atom. The minimum atomic E-state index is -0.0354. The molecule has 0 fully saturated rings. The molecule has 0 saturated carbocycles. The second-order valence-electron chi connectivity index (χ2n) is 5.30. The highest BCUT2D eigenvalue weighted by Gasteiger charge is 2.10. The molecule has 0 aromatic carbocycles. The van der Waals surface area contributed by atoms with Crippen molar-refractivity contribution < 1.29 is 9.53 Å². The highest BCUT2D eigenvalue weighted by Crippen LogP contribution is 2.11. The monoisotopic (exact) mass is 276 g/mol. The fourth-order valence-electron chi connectivity index (χ4n) is 2.22. The molecule has 0 bridgehead atoms. The van der Waals surface area contributed by atoms with E-state index in [2.05, 4.69) is 31.2 Å². The van der Waals surface area contributed by atoms with Crippen LogP contribution in [0.2, 0.25) is 0 Å². The van der Waals surface area contributed by atoms with Gasteiger partial charge in [-0.3, -0.25) is 4.79 Å². The third-order valence-electron chi connectivity index (χ3n) is 3.51. The highest BCUT2D eigenvalue weighted by molar-refractivity contribution is 5.69. The van der Waals surface area contributed by atoms with Crippen molar-refractivity contribution in [3.63, 3.8) is 0 Å². The van der Waals surface area contributed by atoms with Gasteiger partial charge in [-0.2, -0.15) is 0 Å². The molecule has 2 nitrogen and oxygen atoms in total. The molecular formula is C18H28O2. The summed E-state index contributed by atoms with van der Waals surface area (Å²) in [7, 11) is 0. The van der Waals surface area contributed by atoms with Gasteiger partial charge >= 0.3 is 5.97 Å². The van der Waals surface area contributed by atoms with Crippen molar-refractivity contribution in [3.8, 4) is 0 Å². The van der Waals surface area contributed by atoms with E-state index in [0.29, 0.717) is 6.42 Å². The molecule has 0 N–H and O–H groups in total. The van der Waals surface area contributed by atoms with Crippen LogP contribution in [-0.2, 0) is 9.53 Å². The topological polar surface area (TPSA) is 26.3 Å². The van der Waals surface area contributed by atoms with Crippen molar-refractivity contribution in [1.29, 1.82) is 0 Å². The number of carbonyl (C=O) groups excluding carboxylic acids is 1. The van der Waals surface area contributed by atoms with Crippen molar-refractivity contribution in [2.24, 2.45) is 0 Å². The molecule has 0 spiro atoms. The Balaban J connectivity index is 2.48. The van der Waals surface area contributed by atoms with Crippen molar-refractivity contribution in [1.82, 2.24) is 0 Å². The first kappa shape index (κ1) is 16.7. The molecule has 1 heterocycles. The number of ether oxygens (including phenoxy) is 1. The van der Waals surface area contributed by atoms with Crippen molar-refractivity contribution in [2.75, 3.05) is 0 Å². The molecule has 0 aromatic heterocycles. The lowest BCUT2D eigenvalue weighted by atomic mass is 10.1. The van der Waals surface area contributed by atoms with Crippen LogP contribution in [0.15, 0.2) is 36.5 Å². The maximum Gasteiger partial charge on any atom is 0.306 e. The smallest absolute Gasteiger partial charge is 0.306 e. The number of hydrogen-bond donors (Lipinski definition) is 0. The van der Waals surface area contributed by atoms with Gasteiger partial charge in [-0.25, -0.2) is 0 Å². The summed E-state index contributed by atoms with van der Waals surface area (Å²) in [5, 5.41) is 0. The van der Waals surface area contributed by atoms with E-state index >= 15 is 0 Å². The second kappa shape index (κ2) is 11.5. The van der Waals surface area contributed by atoms with Crippen LogP contribution in [0, 0.1) is 0 Å². The van der Waals surface area contributed by atoms with Gasteiger partial charge in [0.2, 0.25) is 0 Å². The molecule has 0 saturated heterocycles. The van der Waals surface area contributed by atoms with Crippen LogP contribution in [0.3, 0.4) is 0 Å². The van der Waals surface area contributed by atoms with Crippen LogP contribution in [0.5, 0.6) is 0 Å². The van der Waals surface area contributed by atoms with E-state index in [1.807, 2.05) is 12.2 Å². The second-order valence-corrected chi connectivity index (χ2v) is 5.30. The van der Waals surface area contributed by atoms with E-state index in [-0.39, 0.29) is 12.1 Å². The summed E-state index contributed by atoms with van der Waals surface area (Å²) < 4.78 is 5.50. The van der Waals surface area contributed by atoms with Crippen molar-refractivity contribution in [2.45, 2.75) is 70.8 Å². The summed E-state index contributed by atoms with van der Waals surface area (Å²) in [5.74, 6) is -0.0354. The first-order valence-corrected chi connectivity index (χ1v) is 8.00. The zero-order chi connectivity index (χ0) is 14.5. The van der Waals surface area contributed by atoms with Gasteiger partial charge in [0, 0.05) is 12.8 Å². The van der Waals surface area contributed by atoms with Crippen LogP contribution < -0.4 is 0 Å². The minimum absolute atomic E-state index is 0.0263. The maximum atomic E-state index is 11.7. The van der Waals surface area contributed by atoms with Gasteiger partial charge in [0.15, 0.2) is 0 Å². The first-order chi connectivity index (χ1) is 9.83. The van der Waals surface area contributed by atoms with E-state index in [1.165, 1.54) is 19.3 Å². The molecule has 1 aliphatic rings. The summed E-state index contributed by atoms with van der Waals surface area (Å²) in [5.41, 5.74) is 0. The summed E-state index contributed by atoms with van der Waals surface area (Å²) in [4.78, 5) is 11.7. The predicted octanol–water partition coefficient (Wildman–Crippen LogP) is 5.11. The highest BCUT2D eigenvalue weighted by atomic mass is 16.5. The SMILES string of the molecule is CCC1C/C=C/C=C/C=C\CCCCCCCC(=O)O1. The van der Waals surface area contributed by atoms with Crippen molar-refractivity contribution >= 4 is 5.97 Å². The van der Waals surface area contributed by atoms with Gasteiger partial charge < -0.3 is 4.74 Å². The van der Waals surface area contributed by atoms with Crippen molar-refractivity contribution in [3.05, 3.63) is 36.5 Å². The van der Waals surface area contributed by atoms with Gasteiger partial charge in [-0.15, -0.1) is 0 Å². The van der Waals surface area contributed by atoms with Crippen LogP contribution >= 0.6 is 0 Å². The van der Waals surface area contributed by atoms with E-state index in [9.17, 15) is 4.79 Å². The van der Waals surface area contributed by atoms with E-state index in [1.54, 1.807) is 0 Å². The molecule has 2 heteroatoms. The molecule has 1 unspecified atom stereocenters. The number of hydrogen-bond acceptors (Lipinski definition) is 2. The normalized spacial score (nSPS) is 28.1. The van der Waals surface area contributed by atoms with Gasteiger partial charge in [0.1, 0.15) is 6.10 Å². The van der Waals surface area contributed by atoms with Crippen LogP contribution in [0.1, 0.15) is 64.7 Å². The Kier molecular flexibility index (Phi) is 9.64. The summed E-state index contributed by atoms with van der Waals surface area (Å²) in [6, 6.07) is 0. The number of esters is 1. The Hall–Kier alpha value is -1.31. The molecule has 20 heavy (non-hydrogen) atoms. The molecule has 0 aliphatic carbocycles. The van der Waals surface area contributed by atoms with Crippen LogP contribution in [0.4, 0.5) is 0 Å². The fraction of sp³-hybridized carbons (Fsp3) is 0.611. The average Bonchev–Trinajstić information content (AvgIpc) is 2.45. The van der Waals surface area contributed by atoms with Gasteiger partial charge in [0.05, 0.1) is 0 Å². The Labute approximate surface area is 123 Å². The fourth-order valence-corrected chi connectivity index (χ4v) is 2.22. The number of rotatable bonds is 1. The lowest BCUT2D eigenvalue weighted by molar-refractivity contribution is -0.149. The third kappa shape index (κ3) is 8.73. The Morgan fingerprint density at radius 2 is 1.70 bits per heavy atom. The largest absolute Gasteiger partial charge is 0.462 e. The lowest BCUT2D eigenvalue weighted by Gasteiger charge is -2.14. The van der Waals surface area contributed by atoms with Crippen LogP contribution in [0.25, 0.3) is 0 Å². The zero-order valence-electron chi connectivity index (χ0n) is 12.7. The average molecular weight is 276 g/mol. The number of carbonyl (C=O) groups is 1. The lowest BCUT2D eigenvalue weighted by Crippen LogP contribution is -2.16. The summed E-state index contributed by atoms with van der Waals surface area (Å²) in [6.45, 7) is 2.06. The number of allylic oxidation sites excluding steroid dienone is 5.